The van der Waals surface area contributed by atoms with Gasteiger partial charge in [-0.15, -0.1) is 0 Å². The first-order valence-electron chi connectivity index (χ1n) is 6.30. The van der Waals surface area contributed by atoms with Crippen molar-refractivity contribution in [1.82, 2.24) is 5.32 Å². The Hall–Kier alpha value is -2.40. The molecule has 4 N–H and O–H groups in total. The molecule has 0 amide bonds. The molecular formula is C15H16N2O3. The highest BCUT2D eigenvalue weighted by molar-refractivity contribution is 6.19. The van der Waals surface area contributed by atoms with E-state index in [0.717, 1.165) is 5.56 Å². The van der Waals surface area contributed by atoms with Crippen molar-refractivity contribution in [2.75, 3.05) is 18.9 Å². The quantitative estimate of drug-likeness (QED) is 0.531. The summed E-state index contributed by atoms with van der Waals surface area (Å²) in [5.74, 6) is -0.439. The van der Waals surface area contributed by atoms with Crippen molar-refractivity contribution in [3.8, 4) is 0 Å². The van der Waals surface area contributed by atoms with Crippen molar-refractivity contribution in [3.05, 3.63) is 53.3 Å². The predicted octanol–water partition coefficient (Wildman–Crippen LogP) is 0.355. The summed E-state index contributed by atoms with van der Waals surface area (Å²) in [5.41, 5.74) is 7.86. The van der Waals surface area contributed by atoms with Crippen LogP contribution in [0.1, 0.15) is 5.56 Å². The second-order valence-corrected chi connectivity index (χ2v) is 4.52. The molecule has 5 nitrogen and oxygen atoms in total. The molecule has 20 heavy (non-hydrogen) atoms. The van der Waals surface area contributed by atoms with Gasteiger partial charge in [-0.2, -0.15) is 0 Å². The summed E-state index contributed by atoms with van der Waals surface area (Å²) in [5, 5.41) is 11.4. The predicted molar refractivity (Wildman–Crippen MR) is 75.8 cm³/mol. The highest BCUT2D eigenvalue weighted by atomic mass is 16.3. The first-order chi connectivity index (χ1) is 9.60. The Morgan fingerprint density at radius 2 is 1.75 bits per heavy atom. The number of carbonyl (C=O) groups excluding carboxylic acids is 2. The number of allylic oxidation sites excluding steroid dienone is 3. The van der Waals surface area contributed by atoms with Crippen molar-refractivity contribution < 1.29 is 14.7 Å². The van der Waals surface area contributed by atoms with Crippen LogP contribution in [-0.2, 0) is 16.0 Å². The van der Waals surface area contributed by atoms with Crippen molar-refractivity contribution >= 4 is 17.3 Å². The first-order valence-corrected chi connectivity index (χ1v) is 6.30. The van der Waals surface area contributed by atoms with Gasteiger partial charge in [-0.05, 0) is 23.8 Å². The van der Waals surface area contributed by atoms with Crippen molar-refractivity contribution in [1.29, 1.82) is 0 Å². The average Bonchev–Trinajstić information content (AvgIpc) is 2.43. The first kappa shape index (κ1) is 14.0. The van der Waals surface area contributed by atoms with Crippen LogP contribution < -0.4 is 11.1 Å². The molecule has 104 valence electrons. The number of hydrogen-bond acceptors (Lipinski definition) is 5. The topological polar surface area (TPSA) is 92.4 Å². The van der Waals surface area contributed by atoms with Crippen LogP contribution in [0.2, 0.25) is 0 Å². The minimum atomic E-state index is -0.247. The maximum absolute atomic E-state index is 12.0. The van der Waals surface area contributed by atoms with Crippen LogP contribution in [0.25, 0.3) is 0 Å². The number of aliphatic hydroxyl groups is 1. The number of anilines is 1. The zero-order chi connectivity index (χ0) is 14.5. The number of hydrogen-bond donors (Lipinski definition) is 3. The Labute approximate surface area is 116 Å². The van der Waals surface area contributed by atoms with Gasteiger partial charge in [0.15, 0.2) is 5.78 Å². The molecule has 0 bridgehead atoms. The van der Waals surface area contributed by atoms with Gasteiger partial charge in [-0.1, -0.05) is 12.1 Å². The molecule has 2 rings (SSSR count). The molecule has 1 aromatic carbocycles. The fourth-order valence-corrected chi connectivity index (χ4v) is 1.92. The van der Waals surface area contributed by atoms with Crippen LogP contribution in [-0.4, -0.2) is 29.8 Å². The fourth-order valence-electron chi connectivity index (χ4n) is 1.92. The van der Waals surface area contributed by atoms with E-state index in [1.54, 1.807) is 12.1 Å². The Morgan fingerprint density at radius 3 is 2.40 bits per heavy atom. The van der Waals surface area contributed by atoms with Crippen LogP contribution >= 0.6 is 0 Å². The van der Waals surface area contributed by atoms with Crippen LogP contribution in [0.5, 0.6) is 0 Å². The standard InChI is InChI=1S/C15H16N2O3/c16-12-3-1-10(2-4-12)7-11-8-15(20)13(9-14(11)19)17-5-6-18/h1-4,8-9,17-18H,5-7,16H2. The van der Waals surface area contributed by atoms with Crippen LogP contribution in [0.15, 0.2) is 47.7 Å². The monoisotopic (exact) mass is 272 g/mol. The summed E-state index contributed by atoms with van der Waals surface area (Å²) in [4.78, 5) is 23.8. The van der Waals surface area contributed by atoms with E-state index in [0.29, 0.717) is 17.7 Å². The van der Waals surface area contributed by atoms with Gasteiger partial charge in [0.25, 0.3) is 0 Å². The number of nitrogen functional groups attached to an aromatic ring is 1. The zero-order valence-electron chi connectivity index (χ0n) is 10.9. The van der Waals surface area contributed by atoms with E-state index in [4.69, 9.17) is 10.8 Å². The van der Waals surface area contributed by atoms with E-state index < -0.39 is 0 Å². The SMILES string of the molecule is Nc1ccc(CC2=CC(=O)C(NCCO)=CC2=O)cc1. The Morgan fingerprint density at radius 1 is 1.05 bits per heavy atom. The van der Waals surface area contributed by atoms with Crippen LogP contribution in [0.4, 0.5) is 5.69 Å². The van der Waals surface area contributed by atoms with E-state index in [1.807, 2.05) is 12.1 Å². The molecule has 1 aromatic rings. The van der Waals surface area contributed by atoms with Crippen LogP contribution in [0, 0.1) is 0 Å². The summed E-state index contributed by atoms with van der Waals surface area (Å²) in [6.45, 7) is 0.146. The van der Waals surface area contributed by atoms with Gasteiger partial charge in [-0.25, -0.2) is 0 Å². The van der Waals surface area contributed by atoms with E-state index in [-0.39, 0.29) is 30.4 Å². The second kappa shape index (κ2) is 6.16. The highest BCUT2D eigenvalue weighted by Gasteiger charge is 2.19. The lowest BCUT2D eigenvalue weighted by molar-refractivity contribution is -0.115. The molecular weight excluding hydrogens is 256 g/mol. The van der Waals surface area contributed by atoms with Gasteiger partial charge < -0.3 is 16.2 Å². The second-order valence-electron chi connectivity index (χ2n) is 4.52. The summed E-state index contributed by atoms with van der Waals surface area (Å²) in [6, 6.07) is 7.18. The van der Waals surface area contributed by atoms with E-state index in [9.17, 15) is 9.59 Å². The minimum absolute atomic E-state index is 0.0964. The van der Waals surface area contributed by atoms with Gasteiger partial charge in [0.2, 0.25) is 5.78 Å². The number of rotatable bonds is 5. The van der Waals surface area contributed by atoms with Crippen LogP contribution in [0.3, 0.4) is 0 Å². The van der Waals surface area contributed by atoms with Gasteiger partial charge in [-0.3, -0.25) is 9.59 Å². The highest BCUT2D eigenvalue weighted by Crippen LogP contribution is 2.16. The van der Waals surface area contributed by atoms with Gasteiger partial charge in [0, 0.05) is 30.3 Å². The number of aliphatic hydroxyl groups excluding tert-OH is 1. The third-order valence-corrected chi connectivity index (χ3v) is 2.96. The van der Waals surface area contributed by atoms with Gasteiger partial charge in [0.05, 0.1) is 12.3 Å². The lowest BCUT2D eigenvalue weighted by Gasteiger charge is -2.13. The number of benzene rings is 1. The molecule has 5 heteroatoms. The molecule has 0 fully saturated rings. The van der Waals surface area contributed by atoms with E-state index in [2.05, 4.69) is 5.32 Å². The summed E-state index contributed by atoms with van der Waals surface area (Å²) >= 11 is 0. The molecule has 1 aliphatic carbocycles. The Balaban J connectivity index is 2.09. The molecule has 0 saturated heterocycles. The number of ketones is 2. The average molecular weight is 272 g/mol. The maximum Gasteiger partial charge on any atom is 0.202 e. The molecule has 0 saturated carbocycles. The number of nitrogens with two attached hydrogens (primary N) is 1. The zero-order valence-corrected chi connectivity index (χ0v) is 10.9. The van der Waals surface area contributed by atoms with E-state index in [1.165, 1.54) is 12.2 Å². The number of carbonyl (C=O) groups is 2. The molecule has 0 radical (unpaired) electrons. The maximum atomic E-state index is 12.0. The van der Waals surface area contributed by atoms with Gasteiger partial charge in [0.1, 0.15) is 0 Å². The Bertz CT molecular complexity index is 586. The Kier molecular flexibility index (Phi) is 4.32. The fraction of sp³-hybridized carbons (Fsp3) is 0.200. The summed E-state index contributed by atoms with van der Waals surface area (Å²) in [6.07, 6.45) is 3.03. The van der Waals surface area contributed by atoms with Crippen molar-refractivity contribution in [2.45, 2.75) is 6.42 Å². The van der Waals surface area contributed by atoms with Crippen molar-refractivity contribution in [3.63, 3.8) is 0 Å². The van der Waals surface area contributed by atoms with Gasteiger partial charge >= 0.3 is 0 Å². The largest absolute Gasteiger partial charge is 0.399 e. The third-order valence-electron chi connectivity index (χ3n) is 2.96. The summed E-state index contributed by atoms with van der Waals surface area (Å²) < 4.78 is 0. The minimum Gasteiger partial charge on any atom is -0.399 e. The molecule has 0 unspecified atom stereocenters. The van der Waals surface area contributed by atoms with Crippen molar-refractivity contribution in [2.24, 2.45) is 0 Å². The molecule has 0 spiro atoms. The molecule has 0 atom stereocenters. The smallest absolute Gasteiger partial charge is 0.202 e. The lowest BCUT2D eigenvalue weighted by Crippen LogP contribution is -2.27. The normalized spacial score (nSPS) is 14.8. The third kappa shape index (κ3) is 3.33. The molecule has 1 aliphatic rings. The van der Waals surface area contributed by atoms with E-state index >= 15 is 0 Å². The molecule has 0 aromatic heterocycles. The lowest BCUT2D eigenvalue weighted by atomic mass is 9.95. The number of nitrogens with one attached hydrogen (secondary N) is 1. The molecule has 0 aliphatic heterocycles. The molecule has 0 heterocycles. The summed E-state index contributed by atoms with van der Waals surface area (Å²) in [7, 11) is 0.